The lowest BCUT2D eigenvalue weighted by atomic mass is 10.1. The van der Waals surface area contributed by atoms with Crippen LogP contribution in [0.15, 0.2) is 24.3 Å². The van der Waals surface area contributed by atoms with E-state index < -0.39 is 0 Å². The zero-order chi connectivity index (χ0) is 13.9. The number of rotatable bonds is 5. The molecule has 4 heteroatoms. The normalized spacial score (nSPS) is 22.1. The fraction of sp³-hybridized carbons (Fsp3) is 0.562. The van der Waals surface area contributed by atoms with Gasteiger partial charge in [-0.15, -0.1) is 0 Å². The highest BCUT2D eigenvalue weighted by Gasteiger charge is 2.28. The van der Waals surface area contributed by atoms with Crippen molar-refractivity contribution < 1.29 is 9.53 Å². The molecule has 1 aromatic carbocycles. The predicted octanol–water partition coefficient (Wildman–Crippen LogP) is 2.04. The number of amides is 1. The van der Waals surface area contributed by atoms with Crippen molar-refractivity contribution in [1.29, 1.82) is 0 Å². The highest BCUT2D eigenvalue weighted by molar-refractivity contribution is 5.94. The van der Waals surface area contributed by atoms with Crippen LogP contribution in [-0.4, -0.2) is 36.5 Å². The SMILES string of the molecule is NCC1CCCN1C(=O)c1ccc(OCC2CC2)cc1. The average Bonchev–Trinajstić information content (AvgIpc) is 3.20. The summed E-state index contributed by atoms with van der Waals surface area (Å²) in [5.41, 5.74) is 6.45. The summed E-state index contributed by atoms with van der Waals surface area (Å²) in [5.74, 6) is 1.68. The average molecular weight is 274 g/mol. The molecule has 3 rings (SSSR count). The molecule has 2 N–H and O–H groups in total. The van der Waals surface area contributed by atoms with E-state index in [9.17, 15) is 4.79 Å². The highest BCUT2D eigenvalue weighted by Crippen LogP contribution is 2.29. The molecule has 1 aromatic rings. The fourth-order valence-corrected chi connectivity index (χ4v) is 2.71. The van der Waals surface area contributed by atoms with Crippen molar-refractivity contribution in [3.05, 3.63) is 29.8 Å². The maximum Gasteiger partial charge on any atom is 0.254 e. The van der Waals surface area contributed by atoms with Gasteiger partial charge in [0, 0.05) is 24.7 Å². The van der Waals surface area contributed by atoms with Gasteiger partial charge >= 0.3 is 0 Å². The summed E-state index contributed by atoms with van der Waals surface area (Å²) in [5, 5.41) is 0. The Balaban J connectivity index is 1.62. The molecular weight excluding hydrogens is 252 g/mol. The van der Waals surface area contributed by atoms with Gasteiger partial charge in [-0.25, -0.2) is 0 Å². The quantitative estimate of drug-likeness (QED) is 0.894. The topological polar surface area (TPSA) is 55.6 Å². The van der Waals surface area contributed by atoms with E-state index in [1.165, 1.54) is 12.8 Å². The first-order valence-corrected chi connectivity index (χ1v) is 7.52. The summed E-state index contributed by atoms with van der Waals surface area (Å²) < 4.78 is 5.69. The number of carbonyl (C=O) groups is 1. The Hall–Kier alpha value is -1.55. The van der Waals surface area contributed by atoms with Gasteiger partial charge in [-0.1, -0.05) is 0 Å². The Morgan fingerprint density at radius 3 is 2.65 bits per heavy atom. The number of hydrogen-bond donors (Lipinski definition) is 1. The molecule has 20 heavy (non-hydrogen) atoms. The van der Waals surface area contributed by atoms with Crippen LogP contribution in [0.25, 0.3) is 0 Å². The van der Waals surface area contributed by atoms with Crippen LogP contribution in [0.2, 0.25) is 0 Å². The lowest BCUT2D eigenvalue weighted by molar-refractivity contribution is 0.0741. The molecule has 1 aliphatic carbocycles. The molecule has 2 fully saturated rings. The first kappa shape index (κ1) is 13.4. The first-order valence-electron chi connectivity index (χ1n) is 7.52. The van der Waals surface area contributed by atoms with Gasteiger partial charge in [0.25, 0.3) is 5.91 Å². The molecule has 1 atom stereocenters. The van der Waals surface area contributed by atoms with Crippen molar-refractivity contribution in [3.63, 3.8) is 0 Å². The smallest absolute Gasteiger partial charge is 0.254 e. The Morgan fingerprint density at radius 1 is 1.25 bits per heavy atom. The van der Waals surface area contributed by atoms with Gasteiger partial charge in [0.15, 0.2) is 0 Å². The number of nitrogens with two attached hydrogens (primary N) is 1. The van der Waals surface area contributed by atoms with Crippen molar-refractivity contribution in [2.75, 3.05) is 19.7 Å². The summed E-state index contributed by atoms with van der Waals surface area (Å²) >= 11 is 0. The standard InChI is InChI=1S/C16H22N2O2/c17-10-14-2-1-9-18(14)16(19)13-5-7-15(8-6-13)20-11-12-3-4-12/h5-8,12,14H,1-4,9-11,17H2. The lowest BCUT2D eigenvalue weighted by Gasteiger charge is -2.23. The third-order valence-corrected chi connectivity index (χ3v) is 4.19. The first-order chi connectivity index (χ1) is 9.78. The van der Waals surface area contributed by atoms with E-state index in [0.717, 1.165) is 43.2 Å². The molecule has 0 spiro atoms. The Morgan fingerprint density at radius 2 is 2.00 bits per heavy atom. The largest absolute Gasteiger partial charge is 0.493 e. The van der Waals surface area contributed by atoms with Crippen LogP contribution < -0.4 is 10.5 Å². The van der Waals surface area contributed by atoms with Crippen LogP contribution in [0.4, 0.5) is 0 Å². The second-order valence-electron chi connectivity index (χ2n) is 5.81. The minimum absolute atomic E-state index is 0.0895. The molecule has 1 aliphatic heterocycles. The Bertz CT molecular complexity index is 468. The Labute approximate surface area is 119 Å². The minimum atomic E-state index is 0.0895. The predicted molar refractivity (Wildman–Crippen MR) is 77.8 cm³/mol. The van der Waals surface area contributed by atoms with E-state index in [-0.39, 0.29) is 11.9 Å². The van der Waals surface area contributed by atoms with E-state index in [4.69, 9.17) is 10.5 Å². The molecule has 108 valence electrons. The van der Waals surface area contributed by atoms with E-state index in [1.54, 1.807) is 0 Å². The molecule has 1 amide bonds. The van der Waals surface area contributed by atoms with E-state index in [1.807, 2.05) is 29.2 Å². The summed E-state index contributed by atoms with van der Waals surface area (Å²) in [4.78, 5) is 14.3. The maximum absolute atomic E-state index is 12.4. The Kier molecular flexibility index (Phi) is 3.92. The van der Waals surface area contributed by atoms with Gasteiger partial charge in [-0.3, -0.25) is 4.79 Å². The lowest BCUT2D eigenvalue weighted by Crippen LogP contribution is -2.39. The van der Waals surface area contributed by atoms with E-state index in [0.29, 0.717) is 6.54 Å². The van der Waals surface area contributed by atoms with Gasteiger partial charge in [-0.2, -0.15) is 0 Å². The molecule has 1 heterocycles. The maximum atomic E-state index is 12.4. The zero-order valence-corrected chi connectivity index (χ0v) is 11.8. The van der Waals surface area contributed by atoms with Crippen molar-refractivity contribution >= 4 is 5.91 Å². The van der Waals surface area contributed by atoms with Gasteiger partial charge in [0.05, 0.1) is 6.61 Å². The van der Waals surface area contributed by atoms with Crippen molar-refractivity contribution in [1.82, 2.24) is 4.90 Å². The summed E-state index contributed by atoms with van der Waals surface area (Å²) in [6.07, 6.45) is 4.64. The van der Waals surface area contributed by atoms with Gasteiger partial charge in [0.1, 0.15) is 5.75 Å². The van der Waals surface area contributed by atoms with Crippen molar-refractivity contribution in [2.45, 2.75) is 31.7 Å². The third-order valence-electron chi connectivity index (χ3n) is 4.19. The number of carbonyl (C=O) groups excluding carboxylic acids is 1. The van der Waals surface area contributed by atoms with Crippen molar-refractivity contribution in [3.8, 4) is 5.75 Å². The van der Waals surface area contributed by atoms with Gasteiger partial charge < -0.3 is 15.4 Å². The zero-order valence-electron chi connectivity index (χ0n) is 11.8. The molecule has 2 aliphatic rings. The molecule has 0 radical (unpaired) electrons. The van der Waals surface area contributed by atoms with E-state index in [2.05, 4.69) is 0 Å². The van der Waals surface area contributed by atoms with Crippen LogP contribution in [-0.2, 0) is 0 Å². The van der Waals surface area contributed by atoms with Crippen LogP contribution in [0.3, 0.4) is 0 Å². The molecular formula is C16H22N2O2. The molecule has 4 nitrogen and oxygen atoms in total. The number of hydrogen-bond acceptors (Lipinski definition) is 3. The third kappa shape index (κ3) is 2.96. The highest BCUT2D eigenvalue weighted by atomic mass is 16.5. The molecule has 1 unspecified atom stereocenters. The fourth-order valence-electron chi connectivity index (χ4n) is 2.71. The molecule has 0 bridgehead atoms. The number of ether oxygens (including phenoxy) is 1. The van der Waals surface area contributed by atoms with Gasteiger partial charge in [-0.05, 0) is 55.9 Å². The number of benzene rings is 1. The molecule has 1 saturated carbocycles. The monoisotopic (exact) mass is 274 g/mol. The minimum Gasteiger partial charge on any atom is -0.493 e. The molecule has 0 aromatic heterocycles. The van der Waals surface area contributed by atoms with Crippen LogP contribution in [0.1, 0.15) is 36.0 Å². The second-order valence-corrected chi connectivity index (χ2v) is 5.81. The number of likely N-dealkylation sites (tertiary alicyclic amines) is 1. The summed E-state index contributed by atoms with van der Waals surface area (Å²) in [7, 11) is 0. The second kappa shape index (κ2) is 5.83. The van der Waals surface area contributed by atoms with Crippen LogP contribution >= 0.6 is 0 Å². The van der Waals surface area contributed by atoms with E-state index >= 15 is 0 Å². The van der Waals surface area contributed by atoms with Crippen LogP contribution in [0, 0.1) is 5.92 Å². The summed E-state index contributed by atoms with van der Waals surface area (Å²) in [6.45, 7) is 2.17. The van der Waals surface area contributed by atoms with Gasteiger partial charge in [0.2, 0.25) is 0 Å². The van der Waals surface area contributed by atoms with Crippen molar-refractivity contribution in [2.24, 2.45) is 11.7 Å². The number of nitrogens with zero attached hydrogens (tertiary/aromatic N) is 1. The summed E-state index contributed by atoms with van der Waals surface area (Å²) in [6, 6.07) is 7.70. The van der Waals surface area contributed by atoms with Crippen LogP contribution in [0.5, 0.6) is 5.75 Å². The molecule has 1 saturated heterocycles.